The SMILES string of the molecule is Cc1c(C(N)C2CCCCCC2)cnn1C. The Hall–Kier alpha value is -0.830. The molecule has 0 spiro atoms. The molecule has 0 saturated heterocycles. The minimum Gasteiger partial charge on any atom is -0.324 e. The number of hydrogen-bond acceptors (Lipinski definition) is 2. The summed E-state index contributed by atoms with van der Waals surface area (Å²) < 4.78 is 1.92. The van der Waals surface area contributed by atoms with Crippen molar-refractivity contribution in [1.29, 1.82) is 0 Å². The third-order valence-electron chi connectivity index (χ3n) is 4.04. The zero-order valence-electron chi connectivity index (χ0n) is 10.4. The summed E-state index contributed by atoms with van der Waals surface area (Å²) in [5, 5.41) is 4.29. The summed E-state index contributed by atoms with van der Waals surface area (Å²) in [4.78, 5) is 0. The van der Waals surface area contributed by atoms with E-state index in [1.165, 1.54) is 49.8 Å². The van der Waals surface area contributed by atoms with E-state index in [2.05, 4.69) is 12.0 Å². The predicted octanol–water partition coefficient (Wildman–Crippen LogP) is 2.70. The Bertz CT molecular complexity index is 335. The number of aryl methyl sites for hydroxylation is 1. The summed E-state index contributed by atoms with van der Waals surface area (Å²) in [5.74, 6) is 0.658. The molecule has 2 rings (SSSR count). The van der Waals surface area contributed by atoms with Crippen LogP contribution in [-0.2, 0) is 7.05 Å². The lowest BCUT2D eigenvalue weighted by molar-refractivity contribution is 0.381. The summed E-state index contributed by atoms with van der Waals surface area (Å²) in [6.45, 7) is 2.11. The van der Waals surface area contributed by atoms with Gasteiger partial charge in [0.2, 0.25) is 0 Å². The second-order valence-electron chi connectivity index (χ2n) is 5.09. The molecular formula is C13H23N3. The van der Waals surface area contributed by atoms with Crippen molar-refractivity contribution < 1.29 is 0 Å². The maximum atomic E-state index is 6.40. The Balaban J connectivity index is 2.11. The van der Waals surface area contributed by atoms with Crippen molar-refractivity contribution in [2.75, 3.05) is 0 Å². The normalized spacial score (nSPS) is 20.7. The predicted molar refractivity (Wildman–Crippen MR) is 66.1 cm³/mol. The van der Waals surface area contributed by atoms with Crippen LogP contribution in [0.1, 0.15) is 55.8 Å². The lowest BCUT2D eigenvalue weighted by atomic mass is 9.88. The Morgan fingerprint density at radius 1 is 1.31 bits per heavy atom. The molecule has 2 N–H and O–H groups in total. The maximum absolute atomic E-state index is 6.40. The van der Waals surface area contributed by atoms with Gasteiger partial charge in [0.05, 0.1) is 6.20 Å². The molecule has 90 valence electrons. The molecule has 0 aliphatic heterocycles. The minimum absolute atomic E-state index is 0.187. The third kappa shape index (κ3) is 2.29. The van der Waals surface area contributed by atoms with Gasteiger partial charge >= 0.3 is 0 Å². The number of nitrogens with zero attached hydrogens (tertiary/aromatic N) is 2. The van der Waals surface area contributed by atoms with Gasteiger partial charge in [-0.25, -0.2) is 0 Å². The minimum atomic E-state index is 0.187. The molecule has 3 nitrogen and oxygen atoms in total. The Morgan fingerprint density at radius 2 is 1.94 bits per heavy atom. The second kappa shape index (κ2) is 5.00. The largest absolute Gasteiger partial charge is 0.324 e. The highest BCUT2D eigenvalue weighted by molar-refractivity contribution is 5.20. The zero-order chi connectivity index (χ0) is 11.5. The van der Waals surface area contributed by atoms with E-state index in [9.17, 15) is 0 Å². The van der Waals surface area contributed by atoms with Crippen LogP contribution in [0.3, 0.4) is 0 Å². The van der Waals surface area contributed by atoms with Crippen LogP contribution >= 0.6 is 0 Å². The monoisotopic (exact) mass is 221 g/mol. The standard InChI is InChI=1S/C13H23N3/c1-10-12(9-15-16(10)2)13(14)11-7-5-3-4-6-8-11/h9,11,13H,3-8,14H2,1-2H3. The van der Waals surface area contributed by atoms with E-state index in [1.54, 1.807) is 0 Å². The molecule has 1 unspecified atom stereocenters. The van der Waals surface area contributed by atoms with Crippen molar-refractivity contribution in [2.45, 2.75) is 51.5 Å². The summed E-state index contributed by atoms with van der Waals surface area (Å²) in [5.41, 5.74) is 8.86. The van der Waals surface area contributed by atoms with Crippen LogP contribution in [0.4, 0.5) is 0 Å². The topological polar surface area (TPSA) is 43.8 Å². The van der Waals surface area contributed by atoms with Crippen molar-refractivity contribution in [3.63, 3.8) is 0 Å². The average molecular weight is 221 g/mol. The van der Waals surface area contributed by atoms with E-state index in [0.717, 1.165) is 0 Å². The number of hydrogen-bond donors (Lipinski definition) is 1. The van der Waals surface area contributed by atoms with E-state index < -0.39 is 0 Å². The molecule has 1 aromatic heterocycles. The summed E-state index contributed by atoms with van der Waals surface area (Å²) in [7, 11) is 1.98. The summed E-state index contributed by atoms with van der Waals surface area (Å²) in [6, 6.07) is 0.187. The van der Waals surface area contributed by atoms with Crippen molar-refractivity contribution in [3.8, 4) is 0 Å². The van der Waals surface area contributed by atoms with Crippen molar-refractivity contribution >= 4 is 0 Å². The van der Waals surface area contributed by atoms with Crippen LogP contribution in [-0.4, -0.2) is 9.78 Å². The quantitative estimate of drug-likeness (QED) is 0.780. The lowest BCUT2D eigenvalue weighted by Crippen LogP contribution is -2.21. The number of nitrogens with two attached hydrogens (primary N) is 1. The molecule has 1 aliphatic carbocycles. The van der Waals surface area contributed by atoms with Crippen molar-refractivity contribution in [2.24, 2.45) is 18.7 Å². The van der Waals surface area contributed by atoms with Gasteiger partial charge in [0, 0.05) is 24.3 Å². The van der Waals surface area contributed by atoms with Crippen LogP contribution in [0.25, 0.3) is 0 Å². The first-order valence-corrected chi connectivity index (χ1v) is 6.44. The van der Waals surface area contributed by atoms with E-state index in [1.807, 2.05) is 17.9 Å². The molecule has 1 fully saturated rings. The molecule has 0 bridgehead atoms. The lowest BCUT2D eigenvalue weighted by Gasteiger charge is -2.22. The highest BCUT2D eigenvalue weighted by atomic mass is 15.3. The molecule has 1 heterocycles. The number of rotatable bonds is 2. The van der Waals surface area contributed by atoms with Gasteiger partial charge in [-0.2, -0.15) is 5.10 Å². The van der Waals surface area contributed by atoms with Crippen LogP contribution in [0.15, 0.2) is 6.20 Å². The molecule has 1 aromatic rings. The van der Waals surface area contributed by atoms with Gasteiger partial charge < -0.3 is 5.73 Å². The molecule has 0 aromatic carbocycles. The smallest absolute Gasteiger partial charge is 0.0540 e. The van der Waals surface area contributed by atoms with Gasteiger partial charge in [-0.15, -0.1) is 0 Å². The fourth-order valence-corrected chi connectivity index (χ4v) is 2.77. The van der Waals surface area contributed by atoms with E-state index in [-0.39, 0.29) is 6.04 Å². The highest BCUT2D eigenvalue weighted by Gasteiger charge is 2.23. The van der Waals surface area contributed by atoms with Gasteiger partial charge in [-0.3, -0.25) is 4.68 Å². The Labute approximate surface area is 98.0 Å². The first kappa shape index (κ1) is 11.6. The second-order valence-corrected chi connectivity index (χ2v) is 5.09. The third-order valence-corrected chi connectivity index (χ3v) is 4.04. The molecule has 1 aliphatic rings. The molecular weight excluding hydrogens is 198 g/mol. The first-order chi connectivity index (χ1) is 7.70. The van der Waals surface area contributed by atoms with E-state index in [0.29, 0.717) is 5.92 Å². The zero-order valence-corrected chi connectivity index (χ0v) is 10.4. The molecule has 16 heavy (non-hydrogen) atoms. The highest BCUT2D eigenvalue weighted by Crippen LogP contribution is 2.32. The summed E-state index contributed by atoms with van der Waals surface area (Å²) in [6.07, 6.45) is 9.98. The van der Waals surface area contributed by atoms with Crippen LogP contribution in [0.5, 0.6) is 0 Å². The Morgan fingerprint density at radius 3 is 2.44 bits per heavy atom. The molecule has 1 atom stereocenters. The van der Waals surface area contributed by atoms with Gasteiger partial charge in [0.15, 0.2) is 0 Å². The van der Waals surface area contributed by atoms with Crippen LogP contribution < -0.4 is 5.73 Å². The Kier molecular flexibility index (Phi) is 3.64. The fourth-order valence-electron chi connectivity index (χ4n) is 2.77. The van der Waals surface area contributed by atoms with Gasteiger partial charge in [0.25, 0.3) is 0 Å². The van der Waals surface area contributed by atoms with E-state index >= 15 is 0 Å². The first-order valence-electron chi connectivity index (χ1n) is 6.44. The van der Waals surface area contributed by atoms with Crippen LogP contribution in [0, 0.1) is 12.8 Å². The summed E-state index contributed by atoms with van der Waals surface area (Å²) >= 11 is 0. The van der Waals surface area contributed by atoms with Gasteiger partial charge in [-0.1, -0.05) is 25.7 Å². The van der Waals surface area contributed by atoms with Gasteiger partial charge in [0.1, 0.15) is 0 Å². The average Bonchev–Trinajstić information content (AvgIpc) is 2.53. The van der Waals surface area contributed by atoms with E-state index in [4.69, 9.17) is 5.73 Å². The molecule has 1 saturated carbocycles. The van der Waals surface area contributed by atoms with Crippen LogP contribution in [0.2, 0.25) is 0 Å². The maximum Gasteiger partial charge on any atom is 0.0540 e. The van der Waals surface area contributed by atoms with Gasteiger partial charge in [-0.05, 0) is 25.7 Å². The molecule has 0 amide bonds. The molecule has 0 radical (unpaired) electrons. The fraction of sp³-hybridized carbons (Fsp3) is 0.769. The molecule has 3 heteroatoms. The number of aromatic nitrogens is 2. The van der Waals surface area contributed by atoms with Crippen molar-refractivity contribution in [1.82, 2.24) is 9.78 Å². The van der Waals surface area contributed by atoms with Crippen molar-refractivity contribution in [3.05, 3.63) is 17.5 Å².